The van der Waals surface area contributed by atoms with E-state index in [1.807, 2.05) is 6.07 Å². The van der Waals surface area contributed by atoms with Gasteiger partial charge in [-0.15, -0.1) is 0 Å². The highest BCUT2D eigenvalue weighted by Crippen LogP contribution is 2.19. The summed E-state index contributed by atoms with van der Waals surface area (Å²) in [7, 11) is 0. The van der Waals surface area contributed by atoms with Crippen molar-refractivity contribution in [1.29, 1.82) is 0 Å². The first-order valence-electron chi connectivity index (χ1n) is 5.38. The molecule has 0 heterocycles. The summed E-state index contributed by atoms with van der Waals surface area (Å²) in [5.74, 6) is -0.182. The lowest BCUT2D eigenvalue weighted by atomic mass is 10.1. The summed E-state index contributed by atoms with van der Waals surface area (Å²) in [6.07, 6.45) is 3.31. The van der Waals surface area contributed by atoms with Gasteiger partial charge in [0.25, 0.3) is 0 Å². The molecular weight excluding hydrogens is 257 g/mol. The van der Waals surface area contributed by atoms with Gasteiger partial charge in [-0.1, -0.05) is 28.9 Å². The van der Waals surface area contributed by atoms with Crippen LogP contribution < -0.4 is 5.32 Å². The van der Waals surface area contributed by atoms with Crippen LogP contribution in [-0.4, -0.2) is 13.1 Å². The van der Waals surface area contributed by atoms with Crippen LogP contribution in [0.4, 0.5) is 4.39 Å². The van der Waals surface area contributed by atoms with Gasteiger partial charge in [-0.3, -0.25) is 0 Å². The van der Waals surface area contributed by atoms with E-state index in [-0.39, 0.29) is 5.82 Å². The monoisotopic (exact) mass is 273 g/mol. The van der Waals surface area contributed by atoms with Crippen molar-refractivity contribution in [2.75, 3.05) is 13.1 Å². The van der Waals surface area contributed by atoms with Crippen LogP contribution >= 0.6 is 15.9 Å². The average molecular weight is 274 g/mol. The molecule has 0 saturated carbocycles. The maximum Gasteiger partial charge on any atom is 0.124 e. The Labute approximate surface area is 99.2 Å². The molecule has 0 radical (unpaired) electrons. The van der Waals surface area contributed by atoms with Crippen molar-refractivity contribution in [1.82, 2.24) is 5.32 Å². The minimum absolute atomic E-state index is 0.182. The minimum Gasteiger partial charge on any atom is -0.317 e. The van der Waals surface area contributed by atoms with Gasteiger partial charge < -0.3 is 5.32 Å². The smallest absolute Gasteiger partial charge is 0.124 e. The lowest BCUT2D eigenvalue weighted by molar-refractivity contribution is 0.622. The second-order valence-corrected chi connectivity index (χ2v) is 4.40. The summed E-state index contributed by atoms with van der Waals surface area (Å²) in [5.41, 5.74) is 1.19. The molecule has 0 spiro atoms. The van der Waals surface area contributed by atoms with Crippen LogP contribution in [0.5, 0.6) is 0 Å². The molecule has 1 N–H and O–H groups in total. The Morgan fingerprint density at radius 2 is 2.13 bits per heavy atom. The third-order valence-corrected chi connectivity index (χ3v) is 3.05. The van der Waals surface area contributed by atoms with Gasteiger partial charge in [0.1, 0.15) is 5.82 Å². The zero-order valence-corrected chi connectivity index (χ0v) is 10.6. The first-order chi connectivity index (χ1) is 7.24. The minimum atomic E-state index is -0.182. The molecule has 0 aliphatic heterocycles. The van der Waals surface area contributed by atoms with Gasteiger partial charge >= 0.3 is 0 Å². The largest absolute Gasteiger partial charge is 0.317 e. The molecule has 0 fully saturated rings. The van der Waals surface area contributed by atoms with Gasteiger partial charge in [0, 0.05) is 4.47 Å². The fourth-order valence-corrected chi connectivity index (χ4v) is 2.02. The highest BCUT2D eigenvalue weighted by Gasteiger charge is 2.00. The Morgan fingerprint density at radius 1 is 1.33 bits per heavy atom. The summed E-state index contributed by atoms with van der Waals surface area (Å²) in [6, 6.07) is 4.90. The van der Waals surface area contributed by atoms with Gasteiger partial charge in [0.15, 0.2) is 0 Å². The first-order valence-corrected chi connectivity index (χ1v) is 6.18. The van der Waals surface area contributed by atoms with E-state index in [9.17, 15) is 4.39 Å². The van der Waals surface area contributed by atoms with Crippen molar-refractivity contribution in [3.05, 3.63) is 34.1 Å². The molecule has 0 aliphatic rings. The number of aryl methyl sites for hydroxylation is 1. The Balaban J connectivity index is 2.31. The molecule has 1 aromatic carbocycles. The Kier molecular flexibility index (Phi) is 5.88. The second kappa shape index (κ2) is 6.96. The van der Waals surface area contributed by atoms with Crippen LogP contribution in [0.3, 0.4) is 0 Å². The standard InChI is InChI=1S/C12H17BrFN/c1-2-15-8-4-3-5-10-6-7-11(14)9-12(10)13/h6-7,9,15H,2-5,8H2,1H3. The molecule has 0 unspecified atom stereocenters. The summed E-state index contributed by atoms with van der Waals surface area (Å²) < 4.78 is 13.7. The summed E-state index contributed by atoms with van der Waals surface area (Å²) in [5, 5.41) is 3.29. The zero-order valence-electron chi connectivity index (χ0n) is 9.02. The molecule has 0 bridgehead atoms. The highest BCUT2D eigenvalue weighted by molar-refractivity contribution is 9.10. The number of halogens is 2. The van der Waals surface area contributed by atoms with Crippen LogP contribution in [0.15, 0.2) is 22.7 Å². The number of unbranched alkanes of at least 4 members (excludes halogenated alkanes) is 1. The number of hydrogen-bond donors (Lipinski definition) is 1. The van der Waals surface area contributed by atoms with Gasteiger partial charge in [-0.05, 0) is 50.0 Å². The second-order valence-electron chi connectivity index (χ2n) is 3.55. The quantitative estimate of drug-likeness (QED) is 0.783. The number of rotatable bonds is 6. The molecule has 1 aromatic rings. The van der Waals surface area contributed by atoms with Crippen molar-refractivity contribution in [2.24, 2.45) is 0 Å². The van der Waals surface area contributed by atoms with Gasteiger partial charge in [-0.2, -0.15) is 0 Å². The van der Waals surface area contributed by atoms with Crippen LogP contribution in [0.2, 0.25) is 0 Å². The van der Waals surface area contributed by atoms with Crippen LogP contribution in [-0.2, 0) is 6.42 Å². The van der Waals surface area contributed by atoms with Crippen molar-refractivity contribution < 1.29 is 4.39 Å². The predicted octanol–water partition coefficient (Wildman–Crippen LogP) is 3.52. The van der Waals surface area contributed by atoms with Crippen molar-refractivity contribution in [2.45, 2.75) is 26.2 Å². The first kappa shape index (κ1) is 12.7. The SMILES string of the molecule is CCNCCCCc1ccc(F)cc1Br. The highest BCUT2D eigenvalue weighted by atomic mass is 79.9. The molecular formula is C12H17BrFN. The van der Waals surface area contributed by atoms with Crippen molar-refractivity contribution in [3.8, 4) is 0 Å². The fourth-order valence-electron chi connectivity index (χ4n) is 1.47. The Hall–Kier alpha value is -0.410. The summed E-state index contributed by atoms with van der Waals surface area (Å²) >= 11 is 3.37. The number of hydrogen-bond acceptors (Lipinski definition) is 1. The molecule has 0 saturated heterocycles. The summed E-state index contributed by atoms with van der Waals surface area (Å²) in [4.78, 5) is 0. The van der Waals surface area contributed by atoms with Crippen LogP contribution in [0.25, 0.3) is 0 Å². The van der Waals surface area contributed by atoms with Crippen molar-refractivity contribution in [3.63, 3.8) is 0 Å². The molecule has 0 atom stereocenters. The fraction of sp³-hybridized carbons (Fsp3) is 0.500. The molecule has 1 nitrogen and oxygen atoms in total. The van der Waals surface area contributed by atoms with E-state index in [4.69, 9.17) is 0 Å². The van der Waals surface area contributed by atoms with Crippen LogP contribution in [0.1, 0.15) is 25.3 Å². The van der Waals surface area contributed by atoms with E-state index >= 15 is 0 Å². The Bertz CT molecular complexity index is 302. The van der Waals surface area contributed by atoms with Gasteiger partial charge in [-0.25, -0.2) is 4.39 Å². The number of nitrogens with one attached hydrogen (secondary N) is 1. The van der Waals surface area contributed by atoms with E-state index in [0.29, 0.717) is 0 Å². The molecule has 1 rings (SSSR count). The molecule has 0 amide bonds. The maximum atomic E-state index is 12.8. The molecule has 0 aliphatic carbocycles. The lowest BCUT2D eigenvalue weighted by Gasteiger charge is -2.05. The average Bonchev–Trinajstić information content (AvgIpc) is 2.20. The van der Waals surface area contributed by atoms with E-state index < -0.39 is 0 Å². The van der Waals surface area contributed by atoms with Gasteiger partial charge in [0.05, 0.1) is 0 Å². The van der Waals surface area contributed by atoms with Crippen LogP contribution in [0, 0.1) is 5.82 Å². The number of benzene rings is 1. The van der Waals surface area contributed by atoms with E-state index in [1.54, 1.807) is 0 Å². The van der Waals surface area contributed by atoms with Gasteiger partial charge in [0.2, 0.25) is 0 Å². The normalized spacial score (nSPS) is 10.6. The topological polar surface area (TPSA) is 12.0 Å². The molecule has 15 heavy (non-hydrogen) atoms. The van der Waals surface area contributed by atoms with E-state index in [2.05, 4.69) is 28.2 Å². The third kappa shape index (κ3) is 4.76. The molecule has 0 aromatic heterocycles. The third-order valence-electron chi connectivity index (χ3n) is 2.31. The zero-order chi connectivity index (χ0) is 11.1. The molecule has 3 heteroatoms. The Morgan fingerprint density at radius 3 is 2.80 bits per heavy atom. The summed E-state index contributed by atoms with van der Waals surface area (Å²) in [6.45, 7) is 4.20. The van der Waals surface area contributed by atoms with E-state index in [1.165, 1.54) is 17.7 Å². The maximum absolute atomic E-state index is 12.8. The van der Waals surface area contributed by atoms with Crippen molar-refractivity contribution >= 4 is 15.9 Å². The lowest BCUT2D eigenvalue weighted by Crippen LogP contribution is -2.13. The molecule has 84 valence electrons. The predicted molar refractivity (Wildman–Crippen MR) is 65.6 cm³/mol. The van der Waals surface area contributed by atoms with E-state index in [0.717, 1.165) is 36.8 Å².